The van der Waals surface area contributed by atoms with Gasteiger partial charge in [0.15, 0.2) is 0 Å². The van der Waals surface area contributed by atoms with Gasteiger partial charge in [0, 0.05) is 24.0 Å². The lowest BCUT2D eigenvalue weighted by atomic mass is 9.98. The third-order valence-corrected chi connectivity index (χ3v) is 7.22. The summed E-state index contributed by atoms with van der Waals surface area (Å²) in [6.45, 7) is -0.0163. The maximum absolute atomic E-state index is 12.5. The standard InChI is InChI=1S/C25H27N3O6S/c29-22(26-13-23(30)28-9-10-35-15-16(28)11-24(31)32)12-27-25(33)34-14-21-19-7-3-1-5-17(19)18-6-2-4-8-20(18)21/h1-8,16,21H,9-15H2,(H,26,29)(H,27,33)(H,31,32). The van der Waals surface area contributed by atoms with Crippen LogP contribution >= 0.6 is 11.8 Å². The topological polar surface area (TPSA) is 125 Å². The molecule has 3 N–H and O–H groups in total. The minimum atomic E-state index is -0.966. The number of thioether (sulfide) groups is 1. The Morgan fingerprint density at radius 3 is 2.29 bits per heavy atom. The molecule has 4 rings (SSSR count). The van der Waals surface area contributed by atoms with Crippen LogP contribution in [0.5, 0.6) is 0 Å². The largest absolute Gasteiger partial charge is 0.481 e. The van der Waals surface area contributed by atoms with Crippen molar-refractivity contribution in [2.24, 2.45) is 0 Å². The normalized spacial score (nSPS) is 16.7. The number of nitrogens with one attached hydrogen (secondary N) is 2. The molecule has 184 valence electrons. The van der Waals surface area contributed by atoms with Crippen LogP contribution in [-0.4, -0.2) is 77.7 Å². The summed E-state index contributed by atoms with van der Waals surface area (Å²) in [4.78, 5) is 49.4. The summed E-state index contributed by atoms with van der Waals surface area (Å²) < 4.78 is 5.40. The van der Waals surface area contributed by atoms with Crippen LogP contribution in [0.2, 0.25) is 0 Å². The highest BCUT2D eigenvalue weighted by atomic mass is 32.2. The van der Waals surface area contributed by atoms with E-state index in [2.05, 4.69) is 10.6 Å². The summed E-state index contributed by atoms with van der Waals surface area (Å²) in [5.41, 5.74) is 4.43. The number of aliphatic carboxylic acids is 1. The highest BCUT2D eigenvalue weighted by Gasteiger charge is 2.30. The molecule has 1 unspecified atom stereocenters. The van der Waals surface area contributed by atoms with E-state index in [4.69, 9.17) is 9.84 Å². The highest BCUT2D eigenvalue weighted by molar-refractivity contribution is 7.99. The van der Waals surface area contributed by atoms with E-state index in [1.807, 2.05) is 48.5 Å². The molecule has 3 amide bonds. The van der Waals surface area contributed by atoms with Gasteiger partial charge in [-0.1, -0.05) is 48.5 Å². The van der Waals surface area contributed by atoms with E-state index >= 15 is 0 Å². The van der Waals surface area contributed by atoms with Crippen LogP contribution in [-0.2, 0) is 19.1 Å². The Labute approximate surface area is 207 Å². The van der Waals surface area contributed by atoms with Crippen molar-refractivity contribution in [2.45, 2.75) is 18.4 Å². The summed E-state index contributed by atoms with van der Waals surface area (Å²) in [6, 6.07) is 15.6. The van der Waals surface area contributed by atoms with Crippen LogP contribution in [0.25, 0.3) is 11.1 Å². The number of ether oxygens (including phenoxy) is 1. The lowest BCUT2D eigenvalue weighted by molar-refractivity contribution is -0.140. The summed E-state index contributed by atoms with van der Waals surface area (Å²) in [7, 11) is 0. The van der Waals surface area contributed by atoms with Crippen LogP contribution in [0, 0.1) is 0 Å². The zero-order valence-corrected chi connectivity index (χ0v) is 19.9. The SMILES string of the molecule is O=C(O)CC1CSCCN1C(=O)CNC(=O)CNC(=O)OCC1c2ccccc2-c2ccccc21. The molecule has 1 atom stereocenters. The summed E-state index contributed by atoms with van der Waals surface area (Å²) in [5.74, 6) is -0.652. The molecule has 1 aliphatic heterocycles. The van der Waals surface area contributed by atoms with Gasteiger partial charge in [0.05, 0.1) is 19.0 Å². The zero-order chi connectivity index (χ0) is 24.8. The van der Waals surface area contributed by atoms with Crippen molar-refractivity contribution in [3.05, 3.63) is 59.7 Å². The summed E-state index contributed by atoms with van der Waals surface area (Å²) in [5, 5.41) is 13.9. The average molecular weight is 498 g/mol. The van der Waals surface area contributed by atoms with Crippen LogP contribution in [0.15, 0.2) is 48.5 Å². The molecule has 0 bridgehead atoms. The number of amides is 3. The molecule has 1 heterocycles. The Morgan fingerprint density at radius 2 is 1.63 bits per heavy atom. The first-order chi connectivity index (χ1) is 16.9. The van der Waals surface area contributed by atoms with Crippen molar-refractivity contribution in [1.82, 2.24) is 15.5 Å². The van der Waals surface area contributed by atoms with Gasteiger partial charge in [0.25, 0.3) is 0 Å². The van der Waals surface area contributed by atoms with Crippen molar-refractivity contribution >= 4 is 35.6 Å². The molecule has 1 aliphatic carbocycles. The molecule has 0 radical (unpaired) electrons. The predicted molar refractivity (Wildman–Crippen MR) is 131 cm³/mol. The molecule has 35 heavy (non-hydrogen) atoms. The number of alkyl carbamates (subject to hydrolysis) is 1. The number of nitrogens with zero attached hydrogens (tertiary/aromatic N) is 1. The first-order valence-electron chi connectivity index (χ1n) is 11.4. The van der Waals surface area contributed by atoms with Crippen LogP contribution in [0.1, 0.15) is 23.5 Å². The van der Waals surface area contributed by atoms with Gasteiger partial charge in [0.1, 0.15) is 13.2 Å². The second kappa shape index (κ2) is 11.3. The third-order valence-electron chi connectivity index (χ3n) is 6.13. The van der Waals surface area contributed by atoms with Gasteiger partial charge < -0.3 is 25.4 Å². The number of fused-ring (bicyclic) bond motifs is 3. The van der Waals surface area contributed by atoms with Crippen LogP contribution in [0.3, 0.4) is 0 Å². The molecule has 1 fully saturated rings. The molecule has 2 aromatic rings. The molecule has 2 aromatic carbocycles. The number of carboxylic acids is 1. The molecular formula is C25H27N3O6S. The Morgan fingerprint density at radius 1 is 0.971 bits per heavy atom. The van der Waals surface area contributed by atoms with Gasteiger partial charge >= 0.3 is 12.1 Å². The fourth-order valence-electron chi connectivity index (χ4n) is 4.49. The fraction of sp³-hybridized carbons (Fsp3) is 0.360. The van der Waals surface area contributed by atoms with Crippen molar-refractivity contribution in [1.29, 1.82) is 0 Å². The first kappa shape index (κ1) is 24.6. The van der Waals surface area contributed by atoms with E-state index in [1.54, 1.807) is 11.8 Å². The fourth-order valence-corrected chi connectivity index (χ4v) is 5.56. The average Bonchev–Trinajstić information content (AvgIpc) is 3.18. The number of hydrogen-bond acceptors (Lipinski definition) is 6. The van der Waals surface area contributed by atoms with Gasteiger partial charge in [-0.25, -0.2) is 4.79 Å². The number of carbonyl (C=O) groups excluding carboxylic acids is 3. The number of hydrogen-bond donors (Lipinski definition) is 3. The molecule has 0 saturated carbocycles. The number of rotatable bonds is 8. The minimum Gasteiger partial charge on any atom is -0.481 e. The van der Waals surface area contributed by atoms with Gasteiger partial charge in [-0.15, -0.1) is 0 Å². The van der Waals surface area contributed by atoms with Crippen LogP contribution in [0.4, 0.5) is 4.79 Å². The highest BCUT2D eigenvalue weighted by Crippen LogP contribution is 2.44. The lowest BCUT2D eigenvalue weighted by Crippen LogP contribution is -2.51. The van der Waals surface area contributed by atoms with Crippen molar-refractivity contribution < 1.29 is 29.0 Å². The Kier molecular flexibility index (Phi) is 7.91. The monoisotopic (exact) mass is 497 g/mol. The molecule has 10 heteroatoms. The zero-order valence-electron chi connectivity index (χ0n) is 19.1. The van der Waals surface area contributed by atoms with Crippen molar-refractivity contribution in [3.63, 3.8) is 0 Å². The second-order valence-corrected chi connectivity index (χ2v) is 9.52. The lowest BCUT2D eigenvalue weighted by Gasteiger charge is -2.34. The summed E-state index contributed by atoms with van der Waals surface area (Å²) in [6.07, 6.45) is -0.848. The van der Waals surface area contributed by atoms with E-state index in [-0.39, 0.29) is 37.9 Å². The van der Waals surface area contributed by atoms with Crippen molar-refractivity contribution in [3.8, 4) is 11.1 Å². The molecule has 0 aromatic heterocycles. The minimum absolute atomic E-state index is 0.0824. The van der Waals surface area contributed by atoms with Gasteiger partial charge in [0.2, 0.25) is 11.8 Å². The van der Waals surface area contributed by atoms with E-state index in [0.29, 0.717) is 12.3 Å². The Balaban J connectivity index is 1.22. The van der Waals surface area contributed by atoms with Crippen molar-refractivity contribution in [2.75, 3.05) is 37.7 Å². The molecule has 1 saturated heterocycles. The molecule has 2 aliphatic rings. The Bertz CT molecular complexity index is 1080. The van der Waals surface area contributed by atoms with Gasteiger partial charge in [-0.3, -0.25) is 14.4 Å². The third kappa shape index (κ3) is 5.94. The van der Waals surface area contributed by atoms with E-state index in [1.165, 1.54) is 4.90 Å². The van der Waals surface area contributed by atoms with E-state index in [0.717, 1.165) is 28.0 Å². The van der Waals surface area contributed by atoms with Gasteiger partial charge in [-0.2, -0.15) is 11.8 Å². The maximum atomic E-state index is 12.5. The van der Waals surface area contributed by atoms with Gasteiger partial charge in [-0.05, 0) is 22.3 Å². The quantitative estimate of drug-likeness (QED) is 0.510. The first-order valence-corrected chi connectivity index (χ1v) is 12.5. The van der Waals surface area contributed by atoms with E-state index in [9.17, 15) is 19.2 Å². The molecule has 0 spiro atoms. The maximum Gasteiger partial charge on any atom is 0.407 e. The number of carboxylic acid groups (broad SMARTS) is 1. The smallest absolute Gasteiger partial charge is 0.407 e. The predicted octanol–water partition coefficient (Wildman–Crippen LogP) is 2.06. The number of benzene rings is 2. The van der Waals surface area contributed by atoms with E-state index < -0.39 is 24.0 Å². The summed E-state index contributed by atoms with van der Waals surface area (Å²) >= 11 is 1.60. The molecular weight excluding hydrogens is 470 g/mol. The van der Waals surface area contributed by atoms with Crippen LogP contribution < -0.4 is 10.6 Å². The molecule has 9 nitrogen and oxygen atoms in total. The second-order valence-electron chi connectivity index (χ2n) is 8.37. The number of carbonyl (C=O) groups is 4. The Hall–Kier alpha value is -3.53.